The van der Waals surface area contributed by atoms with E-state index in [2.05, 4.69) is 21.5 Å². The second-order valence-electron chi connectivity index (χ2n) is 5.67. The summed E-state index contributed by atoms with van der Waals surface area (Å²) in [7, 11) is 1.58. The predicted octanol–water partition coefficient (Wildman–Crippen LogP) is 2.18. The molecule has 9 heteroatoms. The first-order valence-electron chi connectivity index (χ1n) is 7.95. The molecule has 0 fully saturated rings. The van der Waals surface area contributed by atoms with Crippen molar-refractivity contribution >= 4 is 23.5 Å². The highest BCUT2D eigenvalue weighted by Crippen LogP contribution is 2.29. The van der Waals surface area contributed by atoms with Gasteiger partial charge in [0.05, 0.1) is 7.11 Å². The molecule has 0 bridgehead atoms. The Morgan fingerprint density at radius 2 is 2.04 bits per heavy atom. The number of carbonyl (C=O) groups is 1. The van der Waals surface area contributed by atoms with Crippen molar-refractivity contribution in [1.82, 2.24) is 15.0 Å². The molecule has 0 radical (unpaired) electrons. The Morgan fingerprint density at radius 3 is 2.56 bits per heavy atom. The van der Waals surface area contributed by atoms with E-state index in [1.807, 2.05) is 0 Å². The van der Waals surface area contributed by atoms with Crippen LogP contribution in [-0.2, 0) is 4.79 Å². The summed E-state index contributed by atoms with van der Waals surface area (Å²) in [5.41, 5.74) is 4.10. The summed E-state index contributed by atoms with van der Waals surface area (Å²) in [5, 5.41) is 21.1. The van der Waals surface area contributed by atoms with Crippen molar-refractivity contribution in [3.8, 4) is 23.2 Å². The van der Waals surface area contributed by atoms with E-state index in [1.165, 1.54) is 17.8 Å². The van der Waals surface area contributed by atoms with Crippen LogP contribution in [0.15, 0.2) is 40.9 Å². The first-order chi connectivity index (χ1) is 13.0. The van der Waals surface area contributed by atoms with Gasteiger partial charge in [0, 0.05) is 11.1 Å². The number of nitrogens with zero attached hydrogens (tertiary/aromatic N) is 4. The molecule has 1 atom stereocenters. The summed E-state index contributed by atoms with van der Waals surface area (Å²) in [6, 6.07) is 9.23. The lowest BCUT2D eigenvalue weighted by atomic mass is 10.2. The Labute approximate surface area is 160 Å². The Morgan fingerprint density at radius 1 is 1.33 bits per heavy atom. The minimum absolute atomic E-state index is 0.151. The number of ether oxygens (including phenoxy) is 1. The summed E-state index contributed by atoms with van der Waals surface area (Å²) in [6.07, 6.45) is 2.08. The van der Waals surface area contributed by atoms with Crippen molar-refractivity contribution in [2.45, 2.75) is 18.2 Å². The Balaban J connectivity index is 2.04. The van der Waals surface area contributed by atoms with Gasteiger partial charge in [-0.1, -0.05) is 0 Å². The summed E-state index contributed by atoms with van der Waals surface area (Å²) in [4.78, 5) is 21.0. The minimum atomic E-state index is -1.14. The standard InChI is InChI=1S/C18H17N5O3S/c1-10-8-14(24)23(18(10)25)22-16-13(9-19)17(27-3)21-15(20-16)11-4-6-12(26-2)7-5-11/h4-8,14,24H,1-3H3,(H,20,21,22). The maximum Gasteiger partial charge on any atom is 0.270 e. The molecule has 1 aromatic carbocycles. The van der Waals surface area contributed by atoms with E-state index in [1.54, 1.807) is 44.6 Å². The second-order valence-corrected chi connectivity index (χ2v) is 6.47. The fourth-order valence-electron chi connectivity index (χ4n) is 2.55. The van der Waals surface area contributed by atoms with Crippen LogP contribution in [0.2, 0.25) is 0 Å². The molecule has 1 unspecified atom stereocenters. The topological polar surface area (TPSA) is 111 Å². The van der Waals surface area contributed by atoms with E-state index in [4.69, 9.17) is 4.74 Å². The quantitative estimate of drug-likeness (QED) is 0.597. The van der Waals surface area contributed by atoms with Crippen LogP contribution in [-0.4, -0.2) is 45.6 Å². The van der Waals surface area contributed by atoms with Crippen molar-refractivity contribution < 1.29 is 14.6 Å². The number of thioether (sulfide) groups is 1. The molecule has 0 saturated heterocycles. The number of benzene rings is 1. The molecule has 0 saturated carbocycles. The molecule has 1 aliphatic heterocycles. The van der Waals surface area contributed by atoms with Crippen molar-refractivity contribution in [3.05, 3.63) is 41.5 Å². The molecule has 2 N–H and O–H groups in total. The van der Waals surface area contributed by atoms with E-state index < -0.39 is 6.23 Å². The van der Waals surface area contributed by atoms with Crippen LogP contribution in [0, 0.1) is 11.3 Å². The highest BCUT2D eigenvalue weighted by Gasteiger charge is 2.30. The van der Waals surface area contributed by atoms with Crippen LogP contribution in [0.3, 0.4) is 0 Å². The second kappa shape index (κ2) is 7.65. The normalized spacial score (nSPS) is 16.1. The number of aliphatic hydroxyl groups is 1. The predicted molar refractivity (Wildman–Crippen MR) is 101 cm³/mol. The Kier molecular flexibility index (Phi) is 5.30. The van der Waals surface area contributed by atoms with Crippen LogP contribution in [0.1, 0.15) is 12.5 Å². The number of anilines is 1. The zero-order chi connectivity index (χ0) is 19.6. The number of carbonyl (C=O) groups excluding carboxylic acids is 1. The first-order valence-corrected chi connectivity index (χ1v) is 9.18. The SMILES string of the molecule is COc1ccc(-c2nc(NN3C(=O)C(C)=CC3O)c(C#N)c(SC)n2)cc1. The zero-order valence-corrected chi connectivity index (χ0v) is 15.7. The lowest BCUT2D eigenvalue weighted by Crippen LogP contribution is -2.39. The Bertz CT molecular complexity index is 953. The fourth-order valence-corrected chi connectivity index (χ4v) is 3.07. The maximum atomic E-state index is 12.2. The monoisotopic (exact) mass is 383 g/mol. The number of hydrazine groups is 1. The van der Waals surface area contributed by atoms with Gasteiger partial charge in [-0.05, 0) is 43.5 Å². The van der Waals surface area contributed by atoms with Gasteiger partial charge in [-0.15, -0.1) is 11.8 Å². The van der Waals surface area contributed by atoms with Crippen molar-refractivity contribution in [2.75, 3.05) is 18.8 Å². The largest absolute Gasteiger partial charge is 0.497 e. The molecular weight excluding hydrogens is 366 g/mol. The average Bonchev–Trinajstić information content (AvgIpc) is 2.93. The molecule has 3 rings (SSSR count). The van der Waals surface area contributed by atoms with Gasteiger partial charge in [-0.25, -0.2) is 15.0 Å². The minimum Gasteiger partial charge on any atom is -0.497 e. The molecule has 0 aliphatic carbocycles. The summed E-state index contributed by atoms with van der Waals surface area (Å²) in [6.45, 7) is 1.61. The number of nitriles is 1. The first kappa shape index (κ1) is 18.7. The maximum absolute atomic E-state index is 12.2. The van der Waals surface area contributed by atoms with Crippen molar-refractivity contribution in [1.29, 1.82) is 5.26 Å². The highest BCUT2D eigenvalue weighted by molar-refractivity contribution is 7.98. The van der Waals surface area contributed by atoms with E-state index in [0.717, 1.165) is 10.6 Å². The van der Waals surface area contributed by atoms with Crippen molar-refractivity contribution in [2.24, 2.45) is 0 Å². The lowest BCUT2D eigenvalue weighted by molar-refractivity contribution is -0.129. The van der Waals surface area contributed by atoms with Crippen LogP contribution in [0.5, 0.6) is 5.75 Å². The third kappa shape index (κ3) is 3.58. The number of methoxy groups -OCH3 is 1. The molecular formula is C18H17N5O3S. The van der Waals surface area contributed by atoms with Crippen LogP contribution in [0.25, 0.3) is 11.4 Å². The smallest absolute Gasteiger partial charge is 0.270 e. The number of hydrogen-bond acceptors (Lipinski definition) is 8. The summed E-state index contributed by atoms with van der Waals surface area (Å²) in [5.74, 6) is 0.845. The molecule has 1 aliphatic rings. The van der Waals surface area contributed by atoms with Crippen LogP contribution >= 0.6 is 11.8 Å². The molecule has 1 aromatic heterocycles. The van der Waals surface area contributed by atoms with E-state index >= 15 is 0 Å². The molecule has 27 heavy (non-hydrogen) atoms. The van der Waals surface area contributed by atoms with Gasteiger partial charge in [-0.2, -0.15) is 5.26 Å². The zero-order valence-electron chi connectivity index (χ0n) is 14.9. The van der Waals surface area contributed by atoms with Gasteiger partial charge in [0.1, 0.15) is 22.4 Å². The lowest BCUT2D eigenvalue weighted by Gasteiger charge is -2.23. The third-order valence-electron chi connectivity index (χ3n) is 3.98. The van der Waals surface area contributed by atoms with Crippen molar-refractivity contribution in [3.63, 3.8) is 0 Å². The molecule has 138 valence electrons. The summed E-state index contributed by atoms with van der Waals surface area (Å²) < 4.78 is 5.15. The van der Waals surface area contributed by atoms with Crippen LogP contribution in [0.4, 0.5) is 5.82 Å². The van der Waals surface area contributed by atoms with Gasteiger partial charge in [-0.3, -0.25) is 10.2 Å². The number of hydrogen-bond donors (Lipinski definition) is 2. The number of nitrogens with one attached hydrogen (secondary N) is 1. The number of rotatable bonds is 5. The van der Waals surface area contributed by atoms with Gasteiger partial charge < -0.3 is 9.84 Å². The fraction of sp³-hybridized carbons (Fsp3) is 0.222. The Hall–Kier alpha value is -3.09. The molecule has 2 heterocycles. The van der Waals surface area contributed by atoms with E-state index in [0.29, 0.717) is 22.2 Å². The molecule has 0 spiro atoms. The van der Waals surface area contributed by atoms with Gasteiger partial charge in [0.25, 0.3) is 5.91 Å². The molecule has 2 aromatic rings. The highest BCUT2D eigenvalue weighted by atomic mass is 32.2. The molecule has 1 amide bonds. The number of amides is 1. The van der Waals surface area contributed by atoms with E-state index in [9.17, 15) is 15.2 Å². The van der Waals surface area contributed by atoms with Crippen LogP contribution < -0.4 is 10.2 Å². The average molecular weight is 383 g/mol. The summed E-state index contributed by atoms with van der Waals surface area (Å²) >= 11 is 1.29. The number of aromatic nitrogens is 2. The number of aliphatic hydroxyl groups excluding tert-OH is 1. The van der Waals surface area contributed by atoms with Gasteiger partial charge >= 0.3 is 0 Å². The van der Waals surface area contributed by atoms with Gasteiger partial charge in [0.2, 0.25) is 0 Å². The van der Waals surface area contributed by atoms with Gasteiger partial charge in [0.15, 0.2) is 17.9 Å². The van der Waals surface area contributed by atoms with E-state index in [-0.39, 0.29) is 17.3 Å². The molecule has 8 nitrogen and oxygen atoms in total. The third-order valence-corrected chi connectivity index (χ3v) is 4.66.